The molecule has 0 radical (unpaired) electrons. The summed E-state index contributed by atoms with van der Waals surface area (Å²) in [6.45, 7) is 0.640. The first-order valence-electron chi connectivity index (χ1n) is 4.50. The summed E-state index contributed by atoms with van der Waals surface area (Å²) < 4.78 is 2.86. The molecule has 0 fully saturated rings. The molecule has 0 aliphatic rings. The van der Waals surface area contributed by atoms with Gasteiger partial charge < -0.3 is 9.67 Å². The number of rotatable bonds is 3. The lowest BCUT2D eigenvalue weighted by molar-refractivity contribution is 0.277. The average molecular weight is 268 g/mol. The quantitative estimate of drug-likeness (QED) is 0.919. The highest BCUT2D eigenvalue weighted by molar-refractivity contribution is 9.10. The largest absolute Gasteiger partial charge is 0.390 e. The molecular weight excluding hydrogens is 258 g/mol. The molecule has 0 saturated heterocycles. The van der Waals surface area contributed by atoms with Crippen LogP contribution in [0.1, 0.15) is 11.4 Å². The number of aliphatic hydroxyl groups is 1. The van der Waals surface area contributed by atoms with E-state index in [0.29, 0.717) is 12.2 Å². The van der Waals surface area contributed by atoms with Gasteiger partial charge >= 0.3 is 0 Å². The number of pyridine rings is 1. The third-order valence-corrected chi connectivity index (χ3v) is 2.45. The Kier molecular flexibility index (Phi) is 3.13. The van der Waals surface area contributed by atoms with Crippen LogP contribution in [-0.4, -0.2) is 19.6 Å². The summed E-state index contributed by atoms with van der Waals surface area (Å²) in [6, 6.07) is 3.90. The van der Waals surface area contributed by atoms with Gasteiger partial charge in [0.2, 0.25) is 0 Å². The Bertz CT molecular complexity index is 438. The first kappa shape index (κ1) is 10.3. The molecular formula is C10H10BrN3O. The number of hydrogen-bond acceptors (Lipinski definition) is 3. The van der Waals surface area contributed by atoms with E-state index in [0.717, 1.165) is 10.2 Å². The van der Waals surface area contributed by atoms with Crippen LogP contribution >= 0.6 is 15.9 Å². The van der Waals surface area contributed by atoms with E-state index in [-0.39, 0.29) is 6.61 Å². The van der Waals surface area contributed by atoms with E-state index in [1.54, 1.807) is 12.5 Å². The van der Waals surface area contributed by atoms with Crippen LogP contribution in [0.3, 0.4) is 0 Å². The molecule has 0 atom stereocenters. The highest BCUT2D eigenvalue weighted by atomic mass is 79.9. The van der Waals surface area contributed by atoms with Crippen LogP contribution in [0.15, 0.2) is 35.3 Å². The van der Waals surface area contributed by atoms with E-state index >= 15 is 0 Å². The molecule has 0 amide bonds. The SMILES string of the molecule is OCc1cn(Cc2ccc(Br)cn2)cn1. The van der Waals surface area contributed by atoms with Crippen LogP contribution in [0, 0.1) is 0 Å². The first-order valence-corrected chi connectivity index (χ1v) is 5.29. The molecule has 0 spiro atoms. The van der Waals surface area contributed by atoms with Crippen molar-refractivity contribution in [3.05, 3.63) is 46.7 Å². The normalized spacial score (nSPS) is 10.5. The van der Waals surface area contributed by atoms with Crippen molar-refractivity contribution < 1.29 is 5.11 Å². The summed E-state index contributed by atoms with van der Waals surface area (Å²) >= 11 is 3.33. The van der Waals surface area contributed by atoms with Crippen molar-refractivity contribution in [1.29, 1.82) is 0 Å². The molecule has 5 heteroatoms. The van der Waals surface area contributed by atoms with Gasteiger partial charge in [-0.15, -0.1) is 0 Å². The van der Waals surface area contributed by atoms with Crippen LogP contribution in [0.5, 0.6) is 0 Å². The van der Waals surface area contributed by atoms with Crippen LogP contribution in [0.25, 0.3) is 0 Å². The van der Waals surface area contributed by atoms with Crippen LogP contribution in [-0.2, 0) is 13.2 Å². The fraction of sp³-hybridized carbons (Fsp3) is 0.200. The van der Waals surface area contributed by atoms with Gasteiger partial charge in [-0.25, -0.2) is 4.98 Å². The van der Waals surface area contributed by atoms with Crippen molar-refractivity contribution >= 4 is 15.9 Å². The minimum atomic E-state index is -0.0270. The topological polar surface area (TPSA) is 50.9 Å². The molecule has 2 aromatic rings. The zero-order valence-corrected chi connectivity index (χ0v) is 9.55. The maximum atomic E-state index is 8.86. The van der Waals surface area contributed by atoms with E-state index in [1.165, 1.54) is 0 Å². The third-order valence-electron chi connectivity index (χ3n) is 1.98. The van der Waals surface area contributed by atoms with Crippen LogP contribution in [0.2, 0.25) is 0 Å². The second-order valence-corrected chi connectivity index (χ2v) is 4.08. The van der Waals surface area contributed by atoms with Gasteiger partial charge in [-0.05, 0) is 28.1 Å². The predicted octanol–water partition coefficient (Wildman–Crippen LogP) is 1.58. The van der Waals surface area contributed by atoms with Crippen molar-refractivity contribution in [2.45, 2.75) is 13.2 Å². The van der Waals surface area contributed by atoms with Gasteiger partial charge in [-0.1, -0.05) is 0 Å². The summed E-state index contributed by atoms with van der Waals surface area (Å²) in [5.41, 5.74) is 1.63. The molecule has 0 unspecified atom stereocenters. The Morgan fingerprint density at radius 2 is 2.13 bits per heavy atom. The van der Waals surface area contributed by atoms with Crippen molar-refractivity contribution in [3.63, 3.8) is 0 Å². The monoisotopic (exact) mass is 267 g/mol. The number of aliphatic hydroxyl groups excluding tert-OH is 1. The van der Waals surface area contributed by atoms with Gasteiger partial charge in [0, 0.05) is 16.9 Å². The number of nitrogens with zero attached hydrogens (tertiary/aromatic N) is 3. The Hall–Kier alpha value is -1.20. The van der Waals surface area contributed by atoms with Gasteiger partial charge in [0.15, 0.2) is 0 Å². The molecule has 15 heavy (non-hydrogen) atoms. The highest BCUT2D eigenvalue weighted by Crippen LogP contribution is 2.08. The molecule has 2 rings (SSSR count). The average Bonchev–Trinajstić information content (AvgIpc) is 2.69. The number of aromatic nitrogens is 3. The smallest absolute Gasteiger partial charge is 0.0954 e. The fourth-order valence-corrected chi connectivity index (χ4v) is 1.50. The molecule has 1 N–H and O–H groups in total. The second-order valence-electron chi connectivity index (χ2n) is 3.16. The predicted molar refractivity (Wildman–Crippen MR) is 59.2 cm³/mol. The Balaban J connectivity index is 2.11. The van der Waals surface area contributed by atoms with Crippen LogP contribution in [0.4, 0.5) is 0 Å². The lowest BCUT2D eigenvalue weighted by atomic mass is 10.3. The fourth-order valence-electron chi connectivity index (χ4n) is 1.26. The molecule has 2 aromatic heterocycles. The highest BCUT2D eigenvalue weighted by Gasteiger charge is 1.99. The molecule has 2 heterocycles. The summed E-state index contributed by atoms with van der Waals surface area (Å²) in [5, 5.41) is 8.86. The van der Waals surface area contributed by atoms with Crippen molar-refractivity contribution in [3.8, 4) is 0 Å². The molecule has 0 aliphatic heterocycles. The van der Waals surface area contributed by atoms with E-state index in [1.807, 2.05) is 22.9 Å². The number of imidazole rings is 1. The zero-order chi connectivity index (χ0) is 10.7. The van der Waals surface area contributed by atoms with E-state index in [2.05, 4.69) is 25.9 Å². The van der Waals surface area contributed by atoms with Gasteiger partial charge in [-0.2, -0.15) is 0 Å². The molecule has 78 valence electrons. The molecule has 0 aromatic carbocycles. The van der Waals surface area contributed by atoms with Gasteiger partial charge in [0.1, 0.15) is 0 Å². The summed E-state index contributed by atoms with van der Waals surface area (Å²) in [7, 11) is 0. The standard InChI is InChI=1S/C10H10BrN3O/c11-8-1-2-9(12-3-8)4-14-5-10(6-15)13-7-14/h1-3,5,7,15H,4,6H2. The second kappa shape index (κ2) is 4.55. The maximum absolute atomic E-state index is 8.86. The summed E-state index contributed by atoms with van der Waals surface area (Å²) in [6.07, 6.45) is 5.26. The molecule has 0 saturated carbocycles. The minimum absolute atomic E-state index is 0.0270. The first-order chi connectivity index (χ1) is 7.28. The van der Waals surface area contributed by atoms with E-state index < -0.39 is 0 Å². The van der Waals surface area contributed by atoms with Gasteiger partial charge in [0.25, 0.3) is 0 Å². The van der Waals surface area contributed by atoms with Crippen LogP contribution < -0.4 is 0 Å². The lowest BCUT2D eigenvalue weighted by Crippen LogP contribution is -1.98. The molecule has 0 aliphatic carbocycles. The Morgan fingerprint density at radius 1 is 1.27 bits per heavy atom. The molecule has 0 bridgehead atoms. The Morgan fingerprint density at radius 3 is 2.73 bits per heavy atom. The van der Waals surface area contributed by atoms with Crippen molar-refractivity contribution in [2.75, 3.05) is 0 Å². The third kappa shape index (κ3) is 2.64. The van der Waals surface area contributed by atoms with Gasteiger partial charge in [0.05, 0.1) is 30.9 Å². The zero-order valence-electron chi connectivity index (χ0n) is 7.97. The van der Waals surface area contributed by atoms with E-state index in [4.69, 9.17) is 5.11 Å². The Labute approximate surface area is 95.7 Å². The van der Waals surface area contributed by atoms with Gasteiger partial charge in [-0.3, -0.25) is 4.98 Å². The summed E-state index contributed by atoms with van der Waals surface area (Å²) in [4.78, 5) is 8.27. The summed E-state index contributed by atoms with van der Waals surface area (Å²) in [5.74, 6) is 0. The maximum Gasteiger partial charge on any atom is 0.0954 e. The minimum Gasteiger partial charge on any atom is -0.390 e. The number of hydrogen-bond donors (Lipinski definition) is 1. The van der Waals surface area contributed by atoms with E-state index in [9.17, 15) is 0 Å². The lowest BCUT2D eigenvalue weighted by Gasteiger charge is -2.00. The van der Waals surface area contributed by atoms with Crippen molar-refractivity contribution in [1.82, 2.24) is 14.5 Å². The number of halogens is 1. The molecule has 4 nitrogen and oxygen atoms in total. The van der Waals surface area contributed by atoms with Crippen molar-refractivity contribution in [2.24, 2.45) is 0 Å².